The van der Waals surface area contributed by atoms with Gasteiger partial charge in [0.2, 0.25) is 0 Å². The molecule has 0 aromatic heterocycles. The van der Waals surface area contributed by atoms with Crippen molar-refractivity contribution in [2.24, 2.45) is 4.99 Å². The van der Waals surface area contributed by atoms with Gasteiger partial charge < -0.3 is 20.1 Å². The van der Waals surface area contributed by atoms with Crippen LogP contribution in [0.15, 0.2) is 59.6 Å². The molecule has 0 heterocycles. The zero-order valence-electron chi connectivity index (χ0n) is 15.4. The van der Waals surface area contributed by atoms with Crippen molar-refractivity contribution < 1.29 is 9.47 Å². The highest BCUT2D eigenvalue weighted by atomic mass is 127. The molecule has 0 unspecified atom stereocenters. The first-order chi connectivity index (χ1) is 12.3. The molecule has 0 spiro atoms. The number of methoxy groups -OCH3 is 1. The predicted octanol–water partition coefficient (Wildman–Crippen LogP) is 3.59. The Balaban J connectivity index is 0.00000338. The maximum atomic E-state index is 5.68. The number of ether oxygens (including phenoxy) is 2. The smallest absolute Gasteiger partial charge is 0.191 e. The minimum atomic E-state index is 0. The van der Waals surface area contributed by atoms with Crippen LogP contribution in [0.5, 0.6) is 5.75 Å². The fourth-order valence-corrected chi connectivity index (χ4v) is 2.35. The van der Waals surface area contributed by atoms with E-state index in [1.54, 1.807) is 7.11 Å². The van der Waals surface area contributed by atoms with Gasteiger partial charge in [0.15, 0.2) is 5.96 Å². The number of aliphatic imine (C=N–C) groups is 1. The zero-order valence-corrected chi connectivity index (χ0v) is 17.7. The number of halogens is 1. The molecular weight excluding hydrogens is 441 g/mol. The molecule has 2 N–H and O–H groups in total. The van der Waals surface area contributed by atoms with Crippen molar-refractivity contribution in [3.05, 3.63) is 65.7 Å². The SMILES string of the molecule is CCNC(=NCc1ccccc1OC)NCCOCc1ccccc1.I. The lowest BCUT2D eigenvalue weighted by Gasteiger charge is -2.12. The molecule has 2 aromatic carbocycles. The van der Waals surface area contributed by atoms with Crippen LogP contribution in [0.25, 0.3) is 0 Å². The van der Waals surface area contributed by atoms with Crippen LogP contribution in [-0.4, -0.2) is 32.8 Å². The standard InChI is InChI=1S/C20H27N3O2.HI/c1-3-21-20(23-15-18-11-7-8-12-19(18)24-2)22-13-14-25-16-17-9-5-4-6-10-17;/h4-12H,3,13-16H2,1-2H3,(H2,21,22,23);1H. The highest BCUT2D eigenvalue weighted by molar-refractivity contribution is 14.0. The summed E-state index contributed by atoms with van der Waals surface area (Å²) in [6, 6.07) is 18.1. The van der Waals surface area contributed by atoms with Crippen molar-refractivity contribution in [1.29, 1.82) is 0 Å². The molecule has 0 saturated heterocycles. The number of nitrogens with one attached hydrogen (secondary N) is 2. The third-order valence-corrected chi connectivity index (χ3v) is 3.59. The van der Waals surface area contributed by atoms with E-state index in [4.69, 9.17) is 9.47 Å². The van der Waals surface area contributed by atoms with Gasteiger partial charge >= 0.3 is 0 Å². The Kier molecular flexibility index (Phi) is 11.5. The molecular formula is C20H28IN3O2. The van der Waals surface area contributed by atoms with E-state index >= 15 is 0 Å². The van der Waals surface area contributed by atoms with Crippen molar-refractivity contribution in [3.8, 4) is 5.75 Å². The van der Waals surface area contributed by atoms with Crippen molar-refractivity contribution in [2.45, 2.75) is 20.1 Å². The number of para-hydroxylation sites is 1. The number of rotatable bonds is 9. The number of nitrogens with zero attached hydrogens (tertiary/aromatic N) is 1. The Morgan fingerprint density at radius 2 is 1.73 bits per heavy atom. The number of hydrogen-bond acceptors (Lipinski definition) is 3. The van der Waals surface area contributed by atoms with Crippen LogP contribution in [0, 0.1) is 0 Å². The Morgan fingerprint density at radius 1 is 1.00 bits per heavy atom. The molecule has 0 aliphatic rings. The van der Waals surface area contributed by atoms with Crippen molar-refractivity contribution in [3.63, 3.8) is 0 Å². The van der Waals surface area contributed by atoms with E-state index in [0.717, 1.165) is 23.8 Å². The maximum Gasteiger partial charge on any atom is 0.191 e. The van der Waals surface area contributed by atoms with E-state index in [1.165, 1.54) is 5.56 Å². The van der Waals surface area contributed by atoms with Crippen LogP contribution >= 0.6 is 24.0 Å². The van der Waals surface area contributed by atoms with Gasteiger partial charge in [-0.15, -0.1) is 24.0 Å². The molecule has 142 valence electrons. The van der Waals surface area contributed by atoms with E-state index in [2.05, 4.69) is 27.8 Å². The van der Waals surface area contributed by atoms with Gasteiger partial charge in [-0.25, -0.2) is 4.99 Å². The molecule has 2 rings (SSSR count). The molecule has 2 aromatic rings. The van der Waals surface area contributed by atoms with E-state index in [0.29, 0.717) is 26.3 Å². The van der Waals surface area contributed by atoms with Crippen molar-refractivity contribution >= 4 is 29.9 Å². The van der Waals surface area contributed by atoms with Gasteiger partial charge in [-0.05, 0) is 18.6 Å². The summed E-state index contributed by atoms with van der Waals surface area (Å²) in [6.07, 6.45) is 0. The topological polar surface area (TPSA) is 54.9 Å². The van der Waals surface area contributed by atoms with Gasteiger partial charge in [-0.3, -0.25) is 0 Å². The lowest BCUT2D eigenvalue weighted by Crippen LogP contribution is -2.39. The van der Waals surface area contributed by atoms with Gasteiger partial charge in [0.05, 0.1) is 26.9 Å². The fourth-order valence-electron chi connectivity index (χ4n) is 2.35. The average molecular weight is 469 g/mol. The number of hydrogen-bond donors (Lipinski definition) is 2. The first kappa shape index (κ1) is 22.2. The average Bonchev–Trinajstić information content (AvgIpc) is 2.66. The highest BCUT2D eigenvalue weighted by Crippen LogP contribution is 2.17. The lowest BCUT2D eigenvalue weighted by molar-refractivity contribution is 0.125. The second-order valence-electron chi connectivity index (χ2n) is 5.47. The molecule has 26 heavy (non-hydrogen) atoms. The summed E-state index contributed by atoms with van der Waals surface area (Å²) in [5.41, 5.74) is 2.24. The summed E-state index contributed by atoms with van der Waals surface area (Å²) < 4.78 is 11.0. The molecule has 5 nitrogen and oxygen atoms in total. The van der Waals surface area contributed by atoms with Crippen LogP contribution in [0.3, 0.4) is 0 Å². The second-order valence-corrected chi connectivity index (χ2v) is 5.47. The minimum absolute atomic E-state index is 0. The molecule has 0 bridgehead atoms. The largest absolute Gasteiger partial charge is 0.496 e. The minimum Gasteiger partial charge on any atom is -0.496 e. The molecule has 0 fully saturated rings. The molecule has 0 aliphatic carbocycles. The van der Waals surface area contributed by atoms with Crippen LogP contribution in [0.4, 0.5) is 0 Å². The zero-order chi connectivity index (χ0) is 17.7. The molecule has 0 amide bonds. The summed E-state index contributed by atoms with van der Waals surface area (Å²) in [7, 11) is 1.68. The normalized spacial score (nSPS) is 10.8. The van der Waals surface area contributed by atoms with E-state index in [-0.39, 0.29) is 24.0 Å². The van der Waals surface area contributed by atoms with Crippen LogP contribution < -0.4 is 15.4 Å². The Bertz CT molecular complexity index is 651. The number of guanidine groups is 1. The third kappa shape index (κ3) is 8.05. The quantitative estimate of drug-likeness (QED) is 0.255. The van der Waals surface area contributed by atoms with Crippen molar-refractivity contribution in [2.75, 3.05) is 26.8 Å². The molecule has 0 saturated carbocycles. The summed E-state index contributed by atoms with van der Waals surface area (Å²) in [5, 5.41) is 6.53. The van der Waals surface area contributed by atoms with Gasteiger partial charge in [0.1, 0.15) is 5.75 Å². The van der Waals surface area contributed by atoms with Crippen LogP contribution in [0.1, 0.15) is 18.1 Å². The van der Waals surface area contributed by atoms with E-state index < -0.39 is 0 Å². The van der Waals surface area contributed by atoms with Gasteiger partial charge in [-0.1, -0.05) is 48.5 Å². The Morgan fingerprint density at radius 3 is 2.46 bits per heavy atom. The first-order valence-electron chi connectivity index (χ1n) is 8.59. The van der Waals surface area contributed by atoms with Crippen molar-refractivity contribution in [1.82, 2.24) is 10.6 Å². The monoisotopic (exact) mass is 469 g/mol. The Labute approximate surface area is 173 Å². The van der Waals surface area contributed by atoms with Gasteiger partial charge in [-0.2, -0.15) is 0 Å². The molecule has 0 atom stereocenters. The molecule has 0 radical (unpaired) electrons. The summed E-state index contributed by atoms with van der Waals surface area (Å²) in [4.78, 5) is 4.61. The van der Waals surface area contributed by atoms with E-state index in [1.807, 2.05) is 49.4 Å². The highest BCUT2D eigenvalue weighted by Gasteiger charge is 2.02. The van der Waals surface area contributed by atoms with Gasteiger partial charge in [0.25, 0.3) is 0 Å². The third-order valence-electron chi connectivity index (χ3n) is 3.59. The predicted molar refractivity (Wildman–Crippen MR) is 117 cm³/mol. The number of benzene rings is 2. The first-order valence-corrected chi connectivity index (χ1v) is 8.59. The second kappa shape index (κ2) is 13.4. The summed E-state index contributed by atoms with van der Waals surface area (Å²) in [6.45, 7) is 5.36. The van der Waals surface area contributed by atoms with E-state index in [9.17, 15) is 0 Å². The van der Waals surface area contributed by atoms with Gasteiger partial charge in [0, 0.05) is 18.7 Å². The fraction of sp³-hybridized carbons (Fsp3) is 0.350. The summed E-state index contributed by atoms with van der Waals surface area (Å²) in [5.74, 6) is 1.63. The molecule has 0 aliphatic heterocycles. The Hall–Kier alpha value is -1.80. The molecule has 6 heteroatoms. The maximum absolute atomic E-state index is 5.68. The van der Waals surface area contributed by atoms with Crippen LogP contribution in [-0.2, 0) is 17.9 Å². The van der Waals surface area contributed by atoms with Crippen LogP contribution in [0.2, 0.25) is 0 Å². The lowest BCUT2D eigenvalue weighted by atomic mass is 10.2. The summed E-state index contributed by atoms with van der Waals surface area (Å²) >= 11 is 0.